The Morgan fingerprint density at radius 1 is 1.60 bits per heavy atom. The second-order valence-electron chi connectivity index (χ2n) is 5.22. The van der Waals surface area contributed by atoms with Gasteiger partial charge in [-0.1, -0.05) is 17.4 Å². The molecule has 0 bridgehead atoms. The average molecular weight is 291 g/mol. The van der Waals surface area contributed by atoms with Gasteiger partial charge in [0.1, 0.15) is 0 Å². The van der Waals surface area contributed by atoms with Crippen LogP contribution in [0.2, 0.25) is 0 Å². The van der Waals surface area contributed by atoms with Crippen LogP contribution >= 0.6 is 11.3 Å². The van der Waals surface area contributed by atoms with Crippen molar-refractivity contribution in [2.75, 3.05) is 25.0 Å². The average Bonchev–Trinajstić information content (AvgIpc) is 2.94. The number of thiazole rings is 1. The van der Waals surface area contributed by atoms with Crippen LogP contribution in [-0.2, 0) is 4.79 Å². The van der Waals surface area contributed by atoms with Gasteiger partial charge in [-0.05, 0) is 31.0 Å². The maximum absolute atomic E-state index is 12.0. The summed E-state index contributed by atoms with van der Waals surface area (Å²) in [6.45, 7) is 3.70. The number of hydrogen-bond acceptors (Lipinski definition) is 5. The number of rotatable bonds is 3. The number of hydrogen-bond donors (Lipinski definition) is 2. The summed E-state index contributed by atoms with van der Waals surface area (Å²) in [6.07, 6.45) is 0.446. The molecule has 20 heavy (non-hydrogen) atoms. The summed E-state index contributed by atoms with van der Waals surface area (Å²) >= 11 is 1.49. The number of β-amino-alcohol motifs (C(OH)–C–C–N with tert-alkyl or cyclic N) is 1. The van der Waals surface area contributed by atoms with Crippen LogP contribution in [0.4, 0.5) is 5.13 Å². The van der Waals surface area contributed by atoms with Crippen molar-refractivity contribution >= 4 is 32.6 Å². The summed E-state index contributed by atoms with van der Waals surface area (Å²) in [7, 11) is 0. The number of fused-ring (bicyclic) bond motifs is 1. The Morgan fingerprint density at radius 3 is 3.20 bits per heavy atom. The van der Waals surface area contributed by atoms with Gasteiger partial charge >= 0.3 is 0 Å². The van der Waals surface area contributed by atoms with E-state index < -0.39 is 0 Å². The van der Waals surface area contributed by atoms with Gasteiger partial charge in [0.25, 0.3) is 0 Å². The van der Waals surface area contributed by atoms with Gasteiger partial charge in [-0.25, -0.2) is 4.98 Å². The Balaban J connectivity index is 1.65. The number of nitrogens with one attached hydrogen (secondary N) is 1. The van der Waals surface area contributed by atoms with Crippen LogP contribution in [-0.4, -0.2) is 46.6 Å². The molecular weight excluding hydrogens is 274 g/mol. The summed E-state index contributed by atoms with van der Waals surface area (Å²) < 4.78 is 1.08. The molecule has 0 aliphatic carbocycles. The molecule has 1 aromatic heterocycles. The lowest BCUT2D eigenvalue weighted by molar-refractivity contribution is -0.117. The number of carbonyl (C=O) groups is 1. The predicted molar refractivity (Wildman–Crippen MR) is 80.1 cm³/mol. The molecule has 1 aromatic carbocycles. The molecule has 2 aromatic rings. The Bertz CT molecular complexity index is 640. The maximum atomic E-state index is 12.0. The van der Waals surface area contributed by atoms with E-state index in [1.165, 1.54) is 16.9 Å². The quantitative estimate of drug-likeness (QED) is 0.901. The molecule has 0 saturated carbocycles. The highest BCUT2D eigenvalue weighted by Crippen LogP contribution is 2.26. The van der Waals surface area contributed by atoms with Crippen LogP contribution in [0.1, 0.15) is 12.0 Å². The van der Waals surface area contributed by atoms with E-state index in [0.717, 1.165) is 23.2 Å². The van der Waals surface area contributed by atoms with E-state index in [0.29, 0.717) is 18.2 Å². The van der Waals surface area contributed by atoms with Gasteiger partial charge in [0.05, 0.1) is 22.9 Å². The molecule has 1 amide bonds. The SMILES string of the molecule is Cc1ccc2nc(NC(=O)CN3CCC(O)C3)sc2c1. The fourth-order valence-corrected chi connectivity index (χ4v) is 3.38. The molecule has 3 rings (SSSR count). The molecule has 1 aliphatic heterocycles. The zero-order valence-electron chi connectivity index (χ0n) is 11.3. The summed E-state index contributed by atoms with van der Waals surface area (Å²) in [5, 5.41) is 12.9. The van der Waals surface area contributed by atoms with Gasteiger partial charge in [0.2, 0.25) is 5.91 Å². The predicted octanol–water partition coefficient (Wildman–Crippen LogP) is 1.61. The molecule has 106 valence electrons. The van der Waals surface area contributed by atoms with Crippen LogP contribution in [0.25, 0.3) is 10.2 Å². The number of nitrogens with zero attached hydrogens (tertiary/aromatic N) is 2. The Hall–Kier alpha value is -1.50. The minimum absolute atomic E-state index is 0.0742. The number of likely N-dealkylation sites (tertiary alicyclic amines) is 1. The van der Waals surface area contributed by atoms with E-state index in [-0.39, 0.29) is 12.0 Å². The van der Waals surface area contributed by atoms with Gasteiger partial charge in [-0.3, -0.25) is 9.69 Å². The lowest BCUT2D eigenvalue weighted by Gasteiger charge is -2.13. The van der Waals surface area contributed by atoms with Crippen LogP contribution in [0.5, 0.6) is 0 Å². The van der Waals surface area contributed by atoms with E-state index >= 15 is 0 Å². The van der Waals surface area contributed by atoms with Crippen LogP contribution in [0.3, 0.4) is 0 Å². The molecule has 6 heteroatoms. The molecule has 0 spiro atoms. The third kappa shape index (κ3) is 2.98. The Labute approximate surface area is 121 Å². The van der Waals surface area contributed by atoms with Crippen LogP contribution < -0.4 is 5.32 Å². The molecule has 5 nitrogen and oxygen atoms in total. The molecular formula is C14H17N3O2S. The highest BCUT2D eigenvalue weighted by Gasteiger charge is 2.22. The highest BCUT2D eigenvalue weighted by atomic mass is 32.1. The normalized spacial score (nSPS) is 19.6. The van der Waals surface area contributed by atoms with Crippen LogP contribution in [0.15, 0.2) is 18.2 Å². The summed E-state index contributed by atoms with van der Waals surface area (Å²) in [6, 6.07) is 6.05. The lowest BCUT2D eigenvalue weighted by Crippen LogP contribution is -2.32. The van der Waals surface area contributed by atoms with Gasteiger partial charge in [0, 0.05) is 13.1 Å². The zero-order chi connectivity index (χ0) is 14.1. The number of aliphatic hydroxyl groups is 1. The van der Waals surface area contributed by atoms with E-state index in [2.05, 4.69) is 16.4 Å². The minimum Gasteiger partial charge on any atom is -0.392 e. The number of aliphatic hydroxyl groups excluding tert-OH is 1. The minimum atomic E-state index is -0.298. The highest BCUT2D eigenvalue weighted by molar-refractivity contribution is 7.22. The van der Waals surface area contributed by atoms with E-state index in [4.69, 9.17) is 0 Å². The second-order valence-corrected chi connectivity index (χ2v) is 6.25. The molecule has 1 saturated heterocycles. The van der Waals surface area contributed by atoms with E-state index in [1.54, 1.807) is 0 Å². The number of anilines is 1. The topological polar surface area (TPSA) is 65.5 Å². The van der Waals surface area contributed by atoms with Gasteiger partial charge in [0.15, 0.2) is 5.13 Å². The largest absolute Gasteiger partial charge is 0.392 e. The molecule has 1 unspecified atom stereocenters. The molecule has 0 radical (unpaired) electrons. The van der Waals surface area contributed by atoms with Crippen LogP contribution in [0, 0.1) is 6.92 Å². The van der Waals surface area contributed by atoms with Crippen molar-refractivity contribution in [3.8, 4) is 0 Å². The molecule has 1 aliphatic rings. The molecule has 1 fully saturated rings. The fourth-order valence-electron chi connectivity index (χ4n) is 2.40. The third-order valence-corrected chi connectivity index (χ3v) is 4.34. The number of aromatic nitrogens is 1. The smallest absolute Gasteiger partial charge is 0.240 e. The molecule has 1 atom stereocenters. The lowest BCUT2D eigenvalue weighted by atomic mass is 10.2. The fraction of sp³-hybridized carbons (Fsp3) is 0.429. The first kappa shape index (κ1) is 13.5. The Morgan fingerprint density at radius 2 is 2.45 bits per heavy atom. The summed E-state index contributed by atoms with van der Waals surface area (Å²) in [5.74, 6) is -0.0742. The van der Waals surface area contributed by atoms with Crippen molar-refractivity contribution < 1.29 is 9.90 Å². The number of benzene rings is 1. The number of carbonyl (C=O) groups excluding carboxylic acids is 1. The van der Waals surface area contributed by atoms with Crippen molar-refractivity contribution in [2.45, 2.75) is 19.4 Å². The van der Waals surface area contributed by atoms with Gasteiger partial charge in [-0.2, -0.15) is 0 Å². The van der Waals surface area contributed by atoms with Crippen molar-refractivity contribution in [1.82, 2.24) is 9.88 Å². The molecule has 2 N–H and O–H groups in total. The van der Waals surface area contributed by atoms with Crippen molar-refractivity contribution in [2.24, 2.45) is 0 Å². The van der Waals surface area contributed by atoms with Gasteiger partial charge < -0.3 is 10.4 Å². The van der Waals surface area contributed by atoms with E-state index in [1.807, 2.05) is 24.0 Å². The number of aryl methyl sites for hydroxylation is 1. The Kier molecular flexibility index (Phi) is 3.69. The summed E-state index contributed by atoms with van der Waals surface area (Å²) in [5.41, 5.74) is 2.09. The van der Waals surface area contributed by atoms with Crippen molar-refractivity contribution in [3.05, 3.63) is 23.8 Å². The first-order chi connectivity index (χ1) is 9.60. The second kappa shape index (κ2) is 5.47. The van der Waals surface area contributed by atoms with E-state index in [9.17, 15) is 9.90 Å². The third-order valence-electron chi connectivity index (χ3n) is 3.41. The molecule has 2 heterocycles. The van der Waals surface area contributed by atoms with Crippen molar-refractivity contribution in [1.29, 1.82) is 0 Å². The van der Waals surface area contributed by atoms with Gasteiger partial charge in [-0.15, -0.1) is 0 Å². The summed E-state index contributed by atoms with van der Waals surface area (Å²) in [4.78, 5) is 18.3. The zero-order valence-corrected chi connectivity index (χ0v) is 12.1. The first-order valence-electron chi connectivity index (χ1n) is 6.67. The standard InChI is InChI=1S/C14H17N3O2S/c1-9-2-3-11-12(6-9)20-14(15-11)16-13(19)8-17-5-4-10(18)7-17/h2-3,6,10,18H,4-5,7-8H2,1H3,(H,15,16,19). The maximum Gasteiger partial charge on any atom is 0.240 e. The van der Waals surface area contributed by atoms with Crippen molar-refractivity contribution in [3.63, 3.8) is 0 Å². The first-order valence-corrected chi connectivity index (χ1v) is 7.49. The number of amides is 1. The monoisotopic (exact) mass is 291 g/mol.